The number of nitrogens with zero attached hydrogens (tertiary/aromatic N) is 1. The van der Waals surface area contributed by atoms with Crippen LogP contribution in [0.1, 0.15) is 50.1 Å². The van der Waals surface area contributed by atoms with Gasteiger partial charge in [-0.1, -0.05) is 39.0 Å². The molecule has 26 heavy (non-hydrogen) atoms. The molecule has 1 amide bonds. The number of benzene rings is 1. The fraction of sp³-hybridized carbons (Fsp3) is 0.429. The summed E-state index contributed by atoms with van der Waals surface area (Å²) in [5.74, 6) is 1.57. The maximum Gasteiger partial charge on any atom is 0.220 e. The zero-order chi connectivity index (χ0) is 18.7. The molecule has 3 rings (SSSR count). The number of para-hydroxylation sites is 1. The number of H-pyrrole nitrogens is 1. The van der Waals surface area contributed by atoms with Crippen molar-refractivity contribution in [3.8, 4) is 0 Å². The first kappa shape index (κ1) is 18.2. The third-order valence-electron chi connectivity index (χ3n) is 4.50. The summed E-state index contributed by atoms with van der Waals surface area (Å²) in [5.41, 5.74) is 3.11. The lowest BCUT2D eigenvalue weighted by Gasteiger charge is -2.12. The van der Waals surface area contributed by atoms with E-state index in [-0.39, 0.29) is 11.3 Å². The van der Waals surface area contributed by atoms with Gasteiger partial charge in [0.15, 0.2) is 5.89 Å². The van der Waals surface area contributed by atoms with Crippen LogP contribution in [-0.2, 0) is 23.1 Å². The number of aryl methyl sites for hydroxylation is 2. The van der Waals surface area contributed by atoms with E-state index in [2.05, 4.69) is 48.2 Å². The smallest absolute Gasteiger partial charge is 0.220 e. The van der Waals surface area contributed by atoms with Crippen molar-refractivity contribution in [3.05, 3.63) is 53.4 Å². The standard InChI is InChI=1S/C21H27N3O2/c1-14-18(26-20(24-14)21(2,3)4)9-10-19(25)22-12-11-15-13-23-17-8-6-5-7-16(15)17/h5-8,13,23H,9-12H2,1-4H3,(H,22,25). The highest BCUT2D eigenvalue weighted by Crippen LogP contribution is 2.24. The second kappa shape index (κ2) is 7.36. The quantitative estimate of drug-likeness (QED) is 0.702. The minimum Gasteiger partial charge on any atom is -0.445 e. The summed E-state index contributed by atoms with van der Waals surface area (Å²) < 4.78 is 5.85. The molecule has 0 spiro atoms. The number of amides is 1. The molecule has 5 heteroatoms. The molecule has 0 bridgehead atoms. The fourth-order valence-corrected chi connectivity index (χ4v) is 2.97. The van der Waals surface area contributed by atoms with Crippen LogP contribution in [0.2, 0.25) is 0 Å². The molecule has 1 aromatic carbocycles. The van der Waals surface area contributed by atoms with Gasteiger partial charge in [-0.15, -0.1) is 0 Å². The molecule has 0 aliphatic rings. The lowest BCUT2D eigenvalue weighted by atomic mass is 9.97. The molecule has 138 valence electrons. The molecule has 2 N–H and O–H groups in total. The fourth-order valence-electron chi connectivity index (χ4n) is 2.97. The molecule has 0 aliphatic carbocycles. The number of rotatable bonds is 6. The highest BCUT2D eigenvalue weighted by molar-refractivity contribution is 5.83. The van der Waals surface area contributed by atoms with Crippen molar-refractivity contribution in [1.82, 2.24) is 15.3 Å². The van der Waals surface area contributed by atoms with Crippen LogP contribution in [0.15, 0.2) is 34.9 Å². The SMILES string of the molecule is Cc1nc(C(C)(C)C)oc1CCC(=O)NCCc1c[nH]c2ccccc12. The van der Waals surface area contributed by atoms with E-state index in [1.807, 2.05) is 25.3 Å². The monoisotopic (exact) mass is 353 g/mol. The van der Waals surface area contributed by atoms with Crippen LogP contribution >= 0.6 is 0 Å². The van der Waals surface area contributed by atoms with E-state index >= 15 is 0 Å². The van der Waals surface area contributed by atoms with Crippen LogP contribution in [0.4, 0.5) is 0 Å². The number of carbonyl (C=O) groups is 1. The first-order valence-electron chi connectivity index (χ1n) is 9.13. The Hall–Kier alpha value is -2.56. The zero-order valence-electron chi connectivity index (χ0n) is 16.0. The average molecular weight is 353 g/mol. The van der Waals surface area contributed by atoms with E-state index in [0.29, 0.717) is 19.4 Å². The van der Waals surface area contributed by atoms with Gasteiger partial charge in [0.25, 0.3) is 0 Å². The highest BCUT2D eigenvalue weighted by atomic mass is 16.4. The van der Waals surface area contributed by atoms with Gasteiger partial charge < -0.3 is 14.7 Å². The number of carbonyl (C=O) groups excluding carboxylic acids is 1. The molecule has 3 aromatic rings. The Bertz CT molecular complexity index is 900. The summed E-state index contributed by atoms with van der Waals surface area (Å²) in [4.78, 5) is 19.9. The zero-order valence-corrected chi connectivity index (χ0v) is 16.0. The molecular weight excluding hydrogens is 326 g/mol. The molecule has 0 atom stereocenters. The van der Waals surface area contributed by atoms with E-state index in [0.717, 1.165) is 29.3 Å². The number of aromatic nitrogens is 2. The number of hydrogen-bond donors (Lipinski definition) is 2. The molecule has 2 heterocycles. The number of fused-ring (bicyclic) bond motifs is 1. The lowest BCUT2D eigenvalue weighted by Crippen LogP contribution is -2.25. The van der Waals surface area contributed by atoms with E-state index in [1.165, 1.54) is 10.9 Å². The second-order valence-corrected chi connectivity index (χ2v) is 7.74. The maximum atomic E-state index is 12.1. The van der Waals surface area contributed by atoms with Crippen molar-refractivity contribution in [2.45, 2.75) is 52.4 Å². The molecule has 0 saturated carbocycles. The predicted molar refractivity (Wildman–Crippen MR) is 103 cm³/mol. The Morgan fingerprint density at radius 3 is 2.73 bits per heavy atom. The summed E-state index contributed by atoms with van der Waals surface area (Å²) in [7, 11) is 0. The average Bonchev–Trinajstić information content (AvgIpc) is 3.17. The largest absolute Gasteiger partial charge is 0.445 e. The Morgan fingerprint density at radius 2 is 2.00 bits per heavy atom. The number of hydrogen-bond acceptors (Lipinski definition) is 3. The lowest BCUT2D eigenvalue weighted by molar-refractivity contribution is -0.121. The number of aromatic amines is 1. The second-order valence-electron chi connectivity index (χ2n) is 7.74. The highest BCUT2D eigenvalue weighted by Gasteiger charge is 2.22. The molecule has 0 saturated heterocycles. The first-order valence-corrected chi connectivity index (χ1v) is 9.13. The molecule has 0 fully saturated rings. The van der Waals surface area contributed by atoms with Crippen LogP contribution in [0.5, 0.6) is 0 Å². The Balaban J connectivity index is 1.48. The van der Waals surface area contributed by atoms with Crippen LogP contribution in [0, 0.1) is 6.92 Å². The van der Waals surface area contributed by atoms with Crippen LogP contribution < -0.4 is 5.32 Å². The third-order valence-corrected chi connectivity index (χ3v) is 4.50. The van der Waals surface area contributed by atoms with Crippen LogP contribution in [0.3, 0.4) is 0 Å². The van der Waals surface area contributed by atoms with E-state index in [9.17, 15) is 4.79 Å². The van der Waals surface area contributed by atoms with Gasteiger partial charge >= 0.3 is 0 Å². The summed E-state index contributed by atoms with van der Waals surface area (Å²) in [6.45, 7) is 8.77. The molecular formula is C21H27N3O2. The van der Waals surface area contributed by atoms with Gasteiger partial charge in [0.1, 0.15) is 5.76 Å². The normalized spacial score (nSPS) is 11.8. The predicted octanol–water partition coefficient (Wildman–Crippen LogP) is 4.05. The summed E-state index contributed by atoms with van der Waals surface area (Å²) >= 11 is 0. The number of oxazole rings is 1. The minimum absolute atomic E-state index is 0.0398. The summed E-state index contributed by atoms with van der Waals surface area (Å²) in [5, 5.41) is 4.21. The summed E-state index contributed by atoms with van der Waals surface area (Å²) in [6, 6.07) is 8.20. The van der Waals surface area contributed by atoms with Gasteiger partial charge in [-0.2, -0.15) is 0 Å². The Morgan fingerprint density at radius 1 is 1.23 bits per heavy atom. The van der Waals surface area contributed by atoms with Gasteiger partial charge in [-0.25, -0.2) is 4.98 Å². The van der Waals surface area contributed by atoms with Crippen LogP contribution in [0.25, 0.3) is 10.9 Å². The van der Waals surface area contributed by atoms with Gasteiger partial charge in [-0.05, 0) is 25.0 Å². The molecule has 2 aromatic heterocycles. The topological polar surface area (TPSA) is 70.9 Å². The van der Waals surface area contributed by atoms with Gasteiger partial charge in [0.2, 0.25) is 5.91 Å². The van der Waals surface area contributed by atoms with Gasteiger partial charge in [0, 0.05) is 41.9 Å². The van der Waals surface area contributed by atoms with Crippen molar-refractivity contribution in [2.75, 3.05) is 6.54 Å². The van der Waals surface area contributed by atoms with Crippen molar-refractivity contribution >= 4 is 16.8 Å². The molecule has 0 radical (unpaired) electrons. The van der Waals surface area contributed by atoms with E-state index in [4.69, 9.17) is 4.42 Å². The van der Waals surface area contributed by atoms with Crippen molar-refractivity contribution < 1.29 is 9.21 Å². The van der Waals surface area contributed by atoms with Crippen molar-refractivity contribution in [1.29, 1.82) is 0 Å². The minimum atomic E-state index is -0.120. The van der Waals surface area contributed by atoms with Gasteiger partial charge in [0.05, 0.1) is 5.69 Å². The van der Waals surface area contributed by atoms with Crippen molar-refractivity contribution in [3.63, 3.8) is 0 Å². The first-order chi connectivity index (χ1) is 12.3. The van der Waals surface area contributed by atoms with E-state index < -0.39 is 0 Å². The molecule has 5 nitrogen and oxygen atoms in total. The Labute approximate surface area is 154 Å². The molecule has 0 aliphatic heterocycles. The maximum absolute atomic E-state index is 12.1. The summed E-state index contributed by atoms with van der Waals surface area (Å²) in [6.07, 6.45) is 3.81. The van der Waals surface area contributed by atoms with Crippen molar-refractivity contribution in [2.24, 2.45) is 0 Å². The van der Waals surface area contributed by atoms with Gasteiger partial charge in [-0.3, -0.25) is 4.79 Å². The number of nitrogens with one attached hydrogen (secondary N) is 2. The molecule has 0 unspecified atom stereocenters. The van der Waals surface area contributed by atoms with E-state index in [1.54, 1.807) is 0 Å². The van der Waals surface area contributed by atoms with Crippen LogP contribution in [-0.4, -0.2) is 22.4 Å². The third kappa shape index (κ3) is 4.15. The Kier molecular flexibility index (Phi) is 5.16.